The van der Waals surface area contributed by atoms with Crippen LogP contribution in [-0.4, -0.2) is 45.1 Å². The Morgan fingerprint density at radius 3 is 2.48 bits per heavy atom. The Kier molecular flexibility index (Phi) is 6.36. The van der Waals surface area contributed by atoms with E-state index in [-0.39, 0.29) is 23.0 Å². The lowest BCUT2D eigenvalue weighted by Crippen LogP contribution is -2.54. The molecule has 0 saturated carbocycles. The second-order valence-corrected chi connectivity index (χ2v) is 9.92. The van der Waals surface area contributed by atoms with Crippen molar-refractivity contribution in [2.75, 3.05) is 26.2 Å². The number of nitriles is 1. The van der Waals surface area contributed by atoms with Crippen LogP contribution in [0.5, 0.6) is 0 Å². The average Bonchev–Trinajstić information content (AvgIpc) is 2.80. The van der Waals surface area contributed by atoms with Crippen LogP contribution in [0.1, 0.15) is 24.4 Å². The normalized spacial score (nSPS) is 23.4. The fraction of sp³-hybridized carbons (Fsp3) is 0.409. The van der Waals surface area contributed by atoms with Gasteiger partial charge in [-0.2, -0.15) is 9.57 Å². The van der Waals surface area contributed by atoms with Crippen LogP contribution in [0.2, 0.25) is 0 Å². The molecule has 0 amide bonds. The largest absolute Gasteiger partial charge is 0.315 e. The molecule has 2 saturated heterocycles. The molecule has 2 heterocycles. The topological polar surface area (TPSA) is 111 Å². The predicted molar refractivity (Wildman–Crippen MR) is 116 cm³/mol. The Labute approximate surface area is 182 Å². The maximum absolute atomic E-state index is 15.0. The summed E-state index contributed by atoms with van der Waals surface area (Å²) in [7, 11) is -3.76. The average molecular weight is 444 g/mol. The highest BCUT2D eigenvalue weighted by Crippen LogP contribution is 2.33. The molecule has 2 atom stereocenters. The number of benzene rings is 2. The van der Waals surface area contributed by atoms with Gasteiger partial charge in [-0.1, -0.05) is 30.3 Å². The third-order valence-corrected chi connectivity index (χ3v) is 7.95. The molecule has 31 heavy (non-hydrogen) atoms. The summed E-state index contributed by atoms with van der Waals surface area (Å²) in [6.07, 6.45) is 0.884. The summed E-state index contributed by atoms with van der Waals surface area (Å²) in [5, 5.41) is 15.4. The highest BCUT2D eigenvalue weighted by molar-refractivity contribution is 7.89. The minimum atomic E-state index is -3.76. The van der Waals surface area contributed by atoms with Crippen molar-refractivity contribution < 1.29 is 12.8 Å². The van der Waals surface area contributed by atoms with Gasteiger partial charge in [0.1, 0.15) is 5.82 Å². The number of hydrogen-bond donors (Lipinski definition) is 3. The van der Waals surface area contributed by atoms with E-state index in [0.717, 1.165) is 0 Å². The molecule has 4 N–H and O–H groups in total. The number of sulfonamides is 1. The van der Waals surface area contributed by atoms with E-state index >= 15 is 0 Å². The van der Waals surface area contributed by atoms with E-state index in [1.807, 2.05) is 0 Å². The summed E-state index contributed by atoms with van der Waals surface area (Å²) in [5.74, 6) is -0.505. The van der Waals surface area contributed by atoms with Crippen LogP contribution in [-0.2, 0) is 10.0 Å². The smallest absolute Gasteiger partial charge is 0.243 e. The highest BCUT2D eigenvalue weighted by atomic mass is 32.2. The minimum Gasteiger partial charge on any atom is -0.315 e. The van der Waals surface area contributed by atoms with Crippen LogP contribution in [0.4, 0.5) is 4.39 Å². The first-order valence-electron chi connectivity index (χ1n) is 10.4. The molecule has 9 heteroatoms. The maximum atomic E-state index is 15.0. The van der Waals surface area contributed by atoms with Crippen LogP contribution >= 0.6 is 0 Å². The van der Waals surface area contributed by atoms with Gasteiger partial charge in [-0.3, -0.25) is 5.32 Å². The van der Waals surface area contributed by atoms with Gasteiger partial charge in [0.25, 0.3) is 0 Å². The van der Waals surface area contributed by atoms with Crippen molar-refractivity contribution in [1.82, 2.24) is 14.9 Å². The van der Waals surface area contributed by atoms with Crippen LogP contribution in [0.25, 0.3) is 11.1 Å². The lowest BCUT2D eigenvalue weighted by atomic mass is 9.99. The van der Waals surface area contributed by atoms with Gasteiger partial charge in [0.15, 0.2) is 0 Å². The van der Waals surface area contributed by atoms with Crippen LogP contribution in [0.3, 0.4) is 0 Å². The second-order valence-electron chi connectivity index (χ2n) is 8.02. The van der Waals surface area contributed by atoms with Crippen molar-refractivity contribution in [2.24, 2.45) is 11.7 Å². The Morgan fingerprint density at radius 1 is 1.10 bits per heavy atom. The molecule has 2 aromatic carbocycles. The standard InChI is InChI=1S/C22H26FN5O2S/c23-19-11-16(5-6-18(19)20-13-27-22(25)14-26-20)17-3-1-2-4-21(17)31(29,30)28-9-7-15(12-24)8-10-28/h1-6,11,15,20,22,26-27H,7-10,13-14,25H2. The number of nitrogens with two attached hydrogens (primary N) is 1. The summed E-state index contributed by atoms with van der Waals surface area (Å²) in [4.78, 5) is 0.154. The van der Waals surface area contributed by atoms with E-state index in [1.54, 1.807) is 36.4 Å². The van der Waals surface area contributed by atoms with Crippen molar-refractivity contribution in [2.45, 2.75) is 29.9 Å². The molecule has 4 rings (SSSR count). The van der Waals surface area contributed by atoms with Crippen LogP contribution in [0.15, 0.2) is 47.4 Å². The number of piperidine rings is 1. The van der Waals surface area contributed by atoms with Gasteiger partial charge in [-0.05, 0) is 30.5 Å². The van der Waals surface area contributed by atoms with E-state index in [2.05, 4.69) is 16.7 Å². The molecule has 0 radical (unpaired) electrons. The quantitative estimate of drug-likeness (QED) is 0.666. The monoisotopic (exact) mass is 443 g/mol. The van der Waals surface area contributed by atoms with Gasteiger partial charge in [0, 0.05) is 49.3 Å². The van der Waals surface area contributed by atoms with Crippen molar-refractivity contribution in [1.29, 1.82) is 5.26 Å². The third-order valence-electron chi connectivity index (χ3n) is 6.00. The van der Waals surface area contributed by atoms with Crippen LogP contribution < -0.4 is 16.4 Å². The molecule has 7 nitrogen and oxygen atoms in total. The van der Waals surface area contributed by atoms with E-state index in [9.17, 15) is 12.8 Å². The zero-order chi connectivity index (χ0) is 22.0. The lowest BCUT2D eigenvalue weighted by Gasteiger charge is -2.30. The molecule has 2 fully saturated rings. The van der Waals surface area contributed by atoms with E-state index in [4.69, 9.17) is 11.0 Å². The van der Waals surface area contributed by atoms with Gasteiger partial charge in [0.2, 0.25) is 10.0 Å². The molecular weight excluding hydrogens is 417 g/mol. The van der Waals surface area contributed by atoms with Gasteiger partial charge >= 0.3 is 0 Å². The van der Waals surface area contributed by atoms with Crippen LogP contribution in [0, 0.1) is 23.1 Å². The SMILES string of the molecule is N#CC1CCN(S(=O)(=O)c2ccccc2-c2ccc(C3CNC(N)CN3)c(F)c2)CC1. The molecule has 2 unspecified atom stereocenters. The molecule has 2 aliphatic heterocycles. The molecule has 0 aromatic heterocycles. The summed E-state index contributed by atoms with van der Waals surface area (Å²) in [6, 6.07) is 13.5. The third kappa shape index (κ3) is 4.49. The summed E-state index contributed by atoms with van der Waals surface area (Å²) >= 11 is 0. The minimum absolute atomic E-state index is 0.110. The molecule has 0 spiro atoms. The van der Waals surface area contributed by atoms with Crippen molar-refractivity contribution in [3.63, 3.8) is 0 Å². The summed E-state index contributed by atoms with van der Waals surface area (Å²) in [5.41, 5.74) is 7.29. The number of nitrogens with one attached hydrogen (secondary N) is 2. The molecule has 2 aromatic rings. The van der Waals surface area contributed by atoms with E-state index < -0.39 is 15.8 Å². The Bertz CT molecular complexity index is 1090. The summed E-state index contributed by atoms with van der Waals surface area (Å²) in [6.45, 7) is 1.67. The predicted octanol–water partition coefficient (Wildman–Crippen LogP) is 1.94. The van der Waals surface area contributed by atoms with E-state index in [1.165, 1.54) is 10.4 Å². The van der Waals surface area contributed by atoms with Gasteiger partial charge in [-0.25, -0.2) is 12.8 Å². The number of halogens is 1. The number of hydrogen-bond acceptors (Lipinski definition) is 6. The number of nitrogens with zero attached hydrogens (tertiary/aromatic N) is 2. The molecule has 0 bridgehead atoms. The number of piperazine rings is 1. The Hall–Kier alpha value is -2.35. The molecule has 0 aliphatic carbocycles. The summed E-state index contributed by atoms with van der Waals surface area (Å²) < 4.78 is 43.1. The highest BCUT2D eigenvalue weighted by Gasteiger charge is 2.31. The van der Waals surface area contributed by atoms with Crippen molar-refractivity contribution >= 4 is 10.0 Å². The fourth-order valence-electron chi connectivity index (χ4n) is 4.17. The van der Waals surface area contributed by atoms with E-state index in [0.29, 0.717) is 55.7 Å². The zero-order valence-electron chi connectivity index (χ0n) is 17.1. The maximum Gasteiger partial charge on any atom is 0.243 e. The first-order valence-corrected chi connectivity index (χ1v) is 11.8. The fourth-order valence-corrected chi connectivity index (χ4v) is 5.86. The second kappa shape index (κ2) is 9.02. The molecule has 164 valence electrons. The lowest BCUT2D eigenvalue weighted by molar-refractivity contribution is 0.310. The van der Waals surface area contributed by atoms with Gasteiger partial charge < -0.3 is 11.1 Å². The first-order chi connectivity index (χ1) is 14.9. The van der Waals surface area contributed by atoms with Gasteiger partial charge in [0.05, 0.1) is 17.1 Å². The Morgan fingerprint density at radius 2 is 1.84 bits per heavy atom. The first kappa shape index (κ1) is 21.9. The number of rotatable bonds is 4. The Balaban J connectivity index is 1.63. The molecular formula is C22H26FN5O2S. The van der Waals surface area contributed by atoms with Crippen molar-refractivity contribution in [3.8, 4) is 17.2 Å². The van der Waals surface area contributed by atoms with Gasteiger partial charge in [-0.15, -0.1) is 0 Å². The zero-order valence-corrected chi connectivity index (χ0v) is 17.9. The molecule has 2 aliphatic rings. The van der Waals surface area contributed by atoms with Crippen molar-refractivity contribution in [3.05, 3.63) is 53.8 Å².